The van der Waals surface area contributed by atoms with Gasteiger partial charge in [0.05, 0.1) is 15.6 Å². The normalized spacial score (nSPS) is 13.0. The lowest BCUT2D eigenvalue weighted by Crippen LogP contribution is -2.14. The second-order valence-electron chi connectivity index (χ2n) is 4.95. The monoisotopic (exact) mass is 338 g/mol. The highest BCUT2D eigenvalue weighted by molar-refractivity contribution is 7.83. The van der Waals surface area contributed by atoms with Gasteiger partial charge in [0.2, 0.25) is 0 Å². The first kappa shape index (κ1) is 16.6. The molecule has 1 atom stereocenters. The molecule has 0 heterocycles. The van der Waals surface area contributed by atoms with Crippen LogP contribution in [-0.4, -0.2) is 9.92 Å². The van der Waals surface area contributed by atoms with Gasteiger partial charge in [0.1, 0.15) is 5.82 Å². The molecule has 0 aromatic heterocycles. The molecule has 0 amide bonds. The number of aryl methyl sites for hydroxylation is 2. The summed E-state index contributed by atoms with van der Waals surface area (Å²) in [5.41, 5.74) is 2.95. The summed E-state index contributed by atoms with van der Waals surface area (Å²) in [6.07, 6.45) is 0. The maximum Gasteiger partial charge on any atom is 0.166 e. The van der Waals surface area contributed by atoms with E-state index in [9.17, 15) is 8.60 Å². The molecular weight excluding hydrogens is 323 g/mol. The second kappa shape index (κ2) is 7.03. The second-order valence-corrected chi connectivity index (χ2v) is 6.55. The highest BCUT2D eigenvalue weighted by Crippen LogP contribution is 2.22. The zero-order chi connectivity index (χ0) is 16.3. The zero-order valence-corrected chi connectivity index (χ0v) is 14.1. The van der Waals surface area contributed by atoms with E-state index in [4.69, 9.17) is 11.6 Å². The number of halogens is 2. The molecule has 0 aliphatic rings. The first-order valence-corrected chi connectivity index (χ1v) is 8.15. The van der Waals surface area contributed by atoms with Crippen LogP contribution in [-0.2, 0) is 11.0 Å². The Balaban J connectivity index is 2.20. The average molecular weight is 339 g/mol. The van der Waals surface area contributed by atoms with E-state index in [1.807, 2.05) is 19.1 Å². The quantitative estimate of drug-likeness (QED) is 0.661. The van der Waals surface area contributed by atoms with E-state index in [0.29, 0.717) is 21.7 Å². The predicted octanol–water partition coefficient (Wildman–Crippen LogP) is 4.13. The lowest BCUT2D eigenvalue weighted by molar-refractivity contribution is 0.626. The molecule has 22 heavy (non-hydrogen) atoms. The Morgan fingerprint density at radius 3 is 2.45 bits per heavy atom. The Labute approximate surface area is 136 Å². The molecule has 0 fully saturated rings. The van der Waals surface area contributed by atoms with Crippen molar-refractivity contribution in [3.05, 3.63) is 63.9 Å². The highest BCUT2D eigenvalue weighted by atomic mass is 35.5. The molecule has 0 radical (unpaired) electrons. The molecule has 2 aromatic rings. The van der Waals surface area contributed by atoms with Crippen LogP contribution in [0.4, 0.5) is 4.39 Å². The molecule has 0 aliphatic heterocycles. The van der Waals surface area contributed by atoms with Crippen LogP contribution in [0, 0.1) is 19.7 Å². The molecule has 0 aliphatic carbocycles. The molecular formula is C16H16ClFN2OS. The van der Waals surface area contributed by atoms with E-state index in [0.717, 1.165) is 5.56 Å². The minimum Gasteiger partial charge on any atom is -0.230 e. The molecule has 2 aromatic carbocycles. The standard InChI is InChI=1S/C16H16ClFN2OS/c1-10-4-6-14(7-5-10)22(21)20-19-12(3)16-11(2)8-13(18)9-15(16)17/h4-9,20H,1-3H3/b19-12+. The van der Waals surface area contributed by atoms with Gasteiger partial charge in [0.15, 0.2) is 11.0 Å². The summed E-state index contributed by atoms with van der Waals surface area (Å²) < 4.78 is 25.4. The number of hydrazone groups is 1. The van der Waals surface area contributed by atoms with Crippen LogP contribution < -0.4 is 4.83 Å². The van der Waals surface area contributed by atoms with E-state index >= 15 is 0 Å². The summed E-state index contributed by atoms with van der Waals surface area (Å²) in [5, 5.41) is 4.38. The van der Waals surface area contributed by atoms with Crippen LogP contribution >= 0.6 is 11.6 Å². The summed E-state index contributed by atoms with van der Waals surface area (Å²) in [6, 6.07) is 9.94. The zero-order valence-electron chi connectivity index (χ0n) is 12.5. The fourth-order valence-corrected chi connectivity index (χ4v) is 3.14. The van der Waals surface area contributed by atoms with Crippen molar-refractivity contribution in [1.82, 2.24) is 4.83 Å². The van der Waals surface area contributed by atoms with Crippen molar-refractivity contribution in [2.24, 2.45) is 5.10 Å². The van der Waals surface area contributed by atoms with Gasteiger partial charge >= 0.3 is 0 Å². The molecule has 0 saturated carbocycles. The van der Waals surface area contributed by atoms with E-state index in [2.05, 4.69) is 9.93 Å². The summed E-state index contributed by atoms with van der Waals surface area (Å²) in [7, 11) is -1.46. The molecule has 6 heteroatoms. The summed E-state index contributed by atoms with van der Waals surface area (Å²) >= 11 is 6.05. The summed E-state index contributed by atoms with van der Waals surface area (Å²) in [6.45, 7) is 5.44. The SMILES string of the molecule is C/C(=N\NS(=O)c1ccc(C)cc1)c1c(C)cc(F)cc1Cl. The fraction of sp³-hybridized carbons (Fsp3) is 0.188. The molecule has 0 saturated heterocycles. The van der Waals surface area contributed by atoms with Crippen molar-refractivity contribution in [2.45, 2.75) is 25.7 Å². The third-order valence-corrected chi connectivity index (χ3v) is 4.40. The number of nitrogens with one attached hydrogen (secondary N) is 1. The van der Waals surface area contributed by atoms with E-state index in [1.54, 1.807) is 26.0 Å². The van der Waals surface area contributed by atoms with Crippen molar-refractivity contribution < 1.29 is 8.60 Å². The number of hydrogen-bond donors (Lipinski definition) is 1. The highest BCUT2D eigenvalue weighted by Gasteiger charge is 2.10. The molecule has 3 nitrogen and oxygen atoms in total. The van der Waals surface area contributed by atoms with E-state index in [1.165, 1.54) is 12.1 Å². The Morgan fingerprint density at radius 2 is 1.86 bits per heavy atom. The third-order valence-electron chi connectivity index (χ3n) is 3.15. The van der Waals surface area contributed by atoms with Gasteiger partial charge < -0.3 is 0 Å². The molecule has 116 valence electrons. The Hall–Kier alpha value is -1.72. The Bertz CT molecular complexity index is 721. The van der Waals surface area contributed by atoms with Gasteiger partial charge in [0, 0.05) is 5.56 Å². The largest absolute Gasteiger partial charge is 0.230 e. The van der Waals surface area contributed by atoms with Crippen LogP contribution in [0.1, 0.15) is 23.6 Å². The summed E-state index contributed by atoms with van der Waals surface area (Å²) in [4.78, 5) is 3.22. The number of benzene rings is 2. The maximum absolute atomic E-state index is 13.3. The van der Waals surface area contributed by atoms with Crippen LogP contribution in [0.5, 0.6) is 0 Å². The number of hydrogen-bond acceptors (Lipinski definition) is 2. The minimum absolute atomic E-state index is 0.279. The molecule has 0 bridgehead atoms. The molecule has 1 N–H and O–H groups in total. The number of rotatable bonds is 4. The lowest BCUT2D eigenvalue weighted by atomic mass is 10.1. The smallest absolute Gasteiger partial charge is 0.166 e. The maximum atomic E-state index is 13.3. The van der Waals surface area contributed by atoms with Crippen LogP contribution in [0.2, 0.25) is 5.02 Å². The first-order valence-electron chi connectivity index (χ1n) is 6.63. The van der Waals surface area contributed by atoms with Gasteiger partial charge in [-0.25, -0.2) is 13.4 Å². The fourth-order valence-electron chi connectivity index (χ4n) is 2.04. The van der Waals surface area contributed by atoms with Crippen molar-refractivity contribution in [3.8, 4) is 0 Å². The molecule has 2 rings (SSSR count). The van der Waals surface area contributed by atoms with Crippen LogP contribution in [0.25, 0.3) is 0 Å². The van der Waals surface area contributed by atoms with Crippen LogP contribution in [0.15, 0.2) is 46.4 Å². The van der Waals surface area contributed by atoms with Gasteiger partial charge in [-0.15, -0.1) is 0 Å². The lowest BCUT2D eigenvalue weighted by Gasteiger charge is -2.09. The van der Waals surface area contributed by atoms with Crippen molar-refractivity contribution in [2.75, 3.05) is 0 Å². The van der Waals surface area contributed by atoms with Crippen LogP contribution in [0.3, 0.4) is 0 Å². The van der Waals surface area contributed by atoms with Gasteiger partial charge in [-0.05, 0) is 50.6 Å². The number of nitrogens with zero attached hydrogens (tertiary/aromatic N) is 1. The van der Waals surface area contributed by atoms with Crippen molar-refractivity contribution in [1.29, 1.82) is 0 Å². The van der Waals surface area contributed by atoms with Crippen molar-refractivity contribution >= 4 is 28.3 Å². The van der Waals surface area contributed by atoms with E-state index < -0.39 is 16.8 Å². The van der Waals surface area contributed by atoms with Gasteiger partial charge in [-0.1, -0.05) is 29.3 Å². The minimum atomic E-state index is -1.46. The van der Waals surface area contributed by atoms with E-state index in [-0.39, 0.29) is 5.02 Å². The van der Waals surface area contributed by atoms with Crippen molar-refractivity contribution in [3.63, 3.8) is 0 Å². The summed E-state index contributed by atoms with van der Waals surface area (Å²) in [5.74, 6) is -0.393. The van der Waals surface area contributed by atoms with Gasteiger partial charge in [0.25, 0.3) is 0 Å². The first-order chi connectivity index (χ1) is 10.4. The van der Waals surface area contributed by atoms with Gasteiger partial charge in [-0.2, -0.15) is 5.10 Å². The van der Waals surface area contributed by atoms with Gasteiger partial charge in [-0.3, -0.25) is 0 Å². The average Bonchev–Trinajstić information content (AvgIpc) is 2.44. The Morgan fingerprint density at radius 1 is 1.23 bits per heavy atom. The Kier molecular flexibility index (Phi) is 5.32. The molecule has 0 spiro atoms. The molecule has 1 unspecified atom stereocenters. The predicted molar refractivity (Wildman–Crippen MR) is 89.1 cm³/mol. The third kappa shape index (κ3) is 3.93. The topological polar surface area (TPSA) is 41.5 Å².